The molecular weight excluding hydrogens is 242 g/mol. The number of fused-ring (bicyclic) bond motifs is 1. The Kier molecular flexibility index (Phi) is 3.43. The summed E-state index contributed by atoms with van der Waals surface area (Å²) >= 11 is 0. The van der Waals surface area contributed by atoms with Gasteiger partial charge in [0, 0.05) is 12.6 Å². The predicted octanol–water partition coefficient (Wildman–Crippen LogP) is 3.25. The van der Waals surface area contributed by atoms with E-state index in [0.717, 1.165) is 24.0 Å². The fraction of sp³-hybridized carbons (Fsp3) is 0.533. The number of benzene rings is 1. The van der Waals surface area contributed by atoms with Crippen LogP contribution in [0.1, 0.15) is 44.4 Å². The lowest BCUT2D eigenvalue weighted by molar-refractivity contribution is 0.0219. The van der Waals surface area contributed by atoms with E-state index in [-0.39, 0.29) is 17.9 Å². The highest BCUT2D eigenvalue weighted by Gasteiger charge is 2.33. The van der Waals surface area contributed by atoms with Crippen molar-refractivity contribution >= 4 is 6.09 Å². The van der Waals surface area contributed by atoms with Gasteiger partial charge < -0.3 is 14.7 Å². The molecule has 1 aromatic carbocycles. The molecule has 0 radical (unpaired) electrons. The van der Waals surface area contributed by atoms with Crippen molar-refractivity contribution in [3.63, 3.8) is 0 Å². The summed E-state index contributed by atoms with van der Waals surface area (Å²) in [5.74, 6) is 0.260. The lowest BCUT2D eigenvalue weighted by Gasteiger charge is -2.29. The Morgan fingerprint density at radius 2 is 2.11 bits per heavy atom. The summed E-state index contributed by atoms with van der Waals surface area (Å²) in [6.07, 6.45) is 1.35. The van der Waals surface area contributed by atoms with Crippen LogP contribution in [-0.4, -0.2) is 28.7 Å². The van der Waals surface area contributed by atoms with Crippen molar-refractivity contribution in [2.45, 2.75) is 45.3 Å². The normalized spacial score (nSPS) is 18.0. The van der Waals surface area contributed by atoms with Crippen LogP contribution in [0.3, 0.4) is 0 Å². The molecular formula is C15H21NO3. The Bertz CT molecular complexity index is 491. The molecule has 1 unspecified atom stereocenters. The van der Waals surface area contributed by atoms with Gasteiger partial charge in [0.15, 0.2) is 0 Å². The summed E-state index contributed by atoms with van der Waals surface area (Å²) in [6.45, 7) is 5.54. The third kappa shape index (κ3) is 2.83. The maximum atomic E-state index is 12.1. The van der Waals surface area contributed by atoms with Crippen LogP contribution in [0.5, 0.6) is 5.75 Å². The van der Waals surface area contributed by atoms with Gasteiger partial charge in [-0.1, -0.05) is 12.1 Å². The zero-order chi connectivity index (χ0) is 14.2. The molecule has 0 fully saturated rings. The van der Waals surface area contributed by atoms with Crippen molar-refractivity contribution in [3.8, 4) is 5.75 Å². The smallest absolute Gasteiger partial charge is 0.410 e. The topological polar surface area (TPSA) is 49.8 Å². The third-order valence-corrected chi connectivity index (χ3v) is 3.34. The van der Waals surface area contributed by atoms with Crippen LogP contribution in [0.2, 0.25) is 0 Å². The summed E-state index contributed by atoms with van der Waals surface area (Å²) in [5, 5.41) is 9.99. The molecule has 4 nitrogen and oxygen atoms in total. The van der Waals surface area contributed by atoms with Gasteiger partial charge in [-0.2, -0.15) is 0 Å². The predicted molar refractivity (Wildman–Crippen MR) is 73.2 cm³/mol. The van der Waals surface area contributed by atoms with Crippen molar-refractivity contribution in [3.05, 3.63) is 29.3 Å². The van der Waals surface area contributed by atoms with E-state index in [1.54, 1.807) is 18.0 Å². The first-order chi connectivity index (χ1) is 8.79. The first kappa shape index (κ1) is 13.7. The highest BCUT2D eigenvalue weighted by Crippen LogP contribution is 2.40. The van der Waals surface area contributed by atoms with Crippen molar-refractivity contribution in [1.82, 2.24) is 4.90 Å². The van der Waals surface area contributed by atoms with Gasteiger partial charge in [0.1, 0.15) is 11.4 Å². The molecule has 0 spiro atoms. The molecule has 0 aliphatic heterocycles. The Morgan fingerprint density at radius 1 is 1.42 bits per heavy atom. The maximum Gasteiger partial charge on any atom is 0.410 e. The van der Waals surface area contributed by atoms with E-state index < -0.39 is 5.60 Å². The van der Waals surface area contributed by atoms with Crippen molar-refractivity contribution < 1.29 is 14.6 Å². The van der Waals surface area contributed by atoms with Crippen LogP contribution in [0.25, 0.3) is 0 Å². The first-order valence-electron chi connectivity index (χ1n) is 6.56. The molecule has 1 N–H and O–H groups in total. The van der Waals surface area contributed by atoms with Crippen LogP contribution >= 0.6 is 0 Å². The summed E-state index contributed by atoms with van der Waals surface area (Å²) in [4.78, 5) is 13.7. The third-order valence-electron chi connectivity index (χ3n) is 3.34. The van der Waals surface area contributed by atoms with Gasteiger partial charge in [-0.3, -0.25) is 0 Å². The van der Waals surface area contributed by atoms with E-state index in [2.05, 4.69) is 0 Å². The lowest BCUT2D eigenvalue weighted by atomic mass is 10.1. The van der Waals surface area contributed by atoms with Crippen molar-refractivity contribution in [2.75, 3.05) is 7.05 Å². The molecule has 0 heterocycles. The molecule has 1 amide bonds. The van der Waals surface area contributed by atoms with Gasteiger partial charge in [0.2, 0.25) is 0 Å². The number of phenolic OH excluding ortho intramolecular Hbond substituents is 1. The monoisotopic (exact) mass is 263 g/mol. The zero-order valence-electron chi connectivity index (χ0n) is 11.9. The molecule has 4 heteroatoms. The lowest BCUT2D eigenvalue weighted by Crippen LogP contribution is -2.36. The minimum absolute atomic E-state index is 0.106. The molecule has 2 rings (SSSR count). The summed E-state index contributed by atoms with van der Waals surface area (Å²) in [6, 6.07) is 5.40. The van der Waals surface area contributed by atoms with E-state index in [9.17, 15) is 9.90 Å². The molecule has 0 bridgehead atoms. The van der Waals surface area contributed by atoms with E-state index >= 15 is 0 Å². The largest absolute Gasteiger partial charge is 0.508 e. The number of rotatable bonds is 1. The van der Waals surface area contributed by atoms with E-state index in [0.29, 0.717) is 0 Å². The molecule has 1 aliphatic rings. The van der Waals surface area contributed by atoms with Gasteiger partial charge in [-0.05, 0) is 45.2 Å². The number of carbonyl (C=O) groups excluding carboxylic acids is 1. The highest BCUT2D eigenvalue weighted by molar-refractivity contribution is 5.69. The van der Waals surface area contributed by atoms with Crippen LogP contribution < -0.4 is 0 Å². The Hall–Kier alpha value is -1.71. The molecule has 0 aromatic heterocycles. The quantitative estimate of drug-likeness (QED) is 0.846. The number of hydrogen-bond acceptors (Lipinski definition) is 3. The van der Waals surface area contributed by atoms with Gasteiger partial charge >= 0.3 is 6.09 Å². The number of phenols is 1. The average Bonchev–Trinajstić information content (AvgIpc) is 2.71. The van der Waals surface area contributed by atoms with Crippen molar-refractivity contribution in [2.24, 2.45) is 0 Å². The minimum atomic E-state index is -0.508. The van der Waals surface area contributed by atoms with E-state index in [1.165, 1.54) is 0 Å². The fourth-order valence-electron chi connectivity index (χ4n) is 2.49. The average molecular weight is 263 g/mol. The Morgan fingerprint density at radius 3 is 2.74 bits per heavy atom. The van der Waals surface area contributed by atoms with Crippen LogP contribution in [0, 0.1) is 0 Å². The maximum absolute atomic E-state index is 12.1. The number of hydrogen-bond donors (Lipinski definition) is 1. The molecule has 1 aliphatic carbocycles. The second-order valence-electron chi connectivity index (χ2n) is 6.00. The molecule has 0 saturated carbocycles. The van der Waals surface area contributed by atoms with Gasteiger partial charge in [0.05, 0.1) is 6.04 Å². The summed E-state index contributed by atoms with van der Waals surface area (Å²) < 4.78 is 5.37. The van der Waals surface area contributed by atoms with Crippen LogP contribution in [0.15, 0.2) is 18.2 Å². The molecule has 1 atom stereocenters. The SMILES string of the molecule is CN(C(=O)OC(C)(C)C)C1CCc2cccc(O)c21. The minimum Gasteiger partial charge on any atom is -0.508 e. The first-order valence-corrected chi connectivity index (χ1v) is 6.56. The number of amides is 1. The highest BCUT2D eigenvalue weighted by atomic mass is 16.6. The van der Waals surface area contributed by atoms with Crippen LogP contribution in [0.4, 0.5) is 4.79 Å². The second kappa shape index (κ2) is 4.76. The van der Waals surface area contributed by atoms with E-state index in [4.69, 9.17) is 4.74 Å². The van der Waals surface area contributed by atoms with Gasteiger partial charge in [0.25, 0.3) is 0 Å². The van der Waals surface area contributed by atoms with Gasteiger partial charge in [-0.15, -0.1) is 0 Å². The molecule has 104 valence electrons. The molecule has 1 aromatic rings. The van der Waals surface area contributed by atoms with E-state index in [1.807, 2.05) is 32.9 Å². The fourth-order valence-corrected chi connectivity index (χ4v) is 2.49. The molecule has 19 heavy (non-hydrogen) atoms. The number of aryl methyl sites for hydroxylation is 1. The number of carbonyl (C=O) groups is 1. The second-order valence-corrected chi connectivity index (χ2v) is 6.00. The standard InChI is InChI=1S/C15H21NO3/c1-15(2,3)19-14(18)16(4)11-9-8-10-6-5-7-12(17)13(10)11/h5-7,11,17H,8-9H2,1-4H3. The zero-order valence-corrected chi connectivity index (χ0v) is 11.9. The Balaban J connectivity index is 2.20. The number of nitrogens with zero attached hydrogens (tertiary/aromatic N) is 1. The summed E-state index contributed by atoms with van der Waals surface area (Å²) in [7, 11) is 1.72. The van der Waals surface area contributed by atoms with Gasteiger partial charge in [-0.25, -0.2) is 4.79 Å². The van der Waals surface area contributed by atoms with Crippen LogP contribution in [-0.2, 0) is 11.2 Å². The number of aromatic hydroxyl groups is 1. The number of ether oxygens (including phenoxy) is 1. The molecule has 0 saturated heterocycles. The summed E-state index contributed by atoms with van der Waals surface area (Å²) in [5.41, 5.74) is 1.46. The van der Waals surface area contributed by atoms with Crippen molar-refractivity contribution in [1.29, 1.82) is 0 Å². The Labute approximate surface area is 114 Å².